The third-order valence-electron chi connectivity index (χ3n) is 5.15. The van der Waals surface area contributed by atoms with E-state index in [0.29, 0.717) is 19.7 Å². The molecule has 0 radical (unpaired) electrons. The van der Waals surface area contributed by atoms with Gasteiger partial charge < -0.3 is 25.0 Å². The minimum absolute atomic E-state index is 0.543. The molecule has 0 aliphatic carbocycles. The van der Waals surface area contributed by atoms with E-state index in [1.807, 2.05) is 36.5 Å². The molecule has 1 fully saturated rings. The zero-order valence-electron chi connectivity index (χ0n) is 18.1. The Labute approximate surface area is 179 Å². The molecule has 0 atom stereocenters. The third-order valence-corrected chi connectivity index (χ3v) is 5.15. The van der Waals surface area contributed by atoms with Crippen molar-refractivity contribution in [1.29, 1.82) is 0 Å². The summed E-state index contributed by atoms with van der Waals surface area (Å²) in [5.41, 5.74) is 1.20. The Balaban J connectivity index is 1.42. The Morgan fingerprint density at radius 1 is 1.03 bits per heavy atom. The molecule has 2 aromatic rings. The molecule has 7 heteroatoms. The largest absolute Gasteiger partial charge is 0.497 e. The summed E-state index contributed by atoms with van der Waals surface area (Å²) in [6, 6.07) is 11.8. The van der Waals surface area contributed by atoms with Gasteiger partial charge in [0.05, 0.1) is 13.7 Å². The van der Waals surface area contributed by atoms with E-state index in [0.717, 1.165) is 36.4 Å². The Morgan fingerprint density at radius 3 is 2.47 bits per heavy atom. The van der Waals surface area contributed by atoms with E-state index in [-0.39, 0.29) is 0 Å². The monoisotopic (exact) mass is 411 g/mol. The first-order chi connectivity index (χ1) is 14.8. The van der Waals surface area contributed by atoms with Gasteiger partial charge in [-0.15, -0.1) is 0 Å². The molecule has 162 valence electrons. The first-order valence-corrected chi connectivity index (χ1v) is 10.7. The maximum Gasteiger partial charge on any atom is 0.191 e. The van der Waals surface area contributed by atoms with Crippen molar-refractivity contribution >= 4 is 11.8 Å². The smallest absolute Gasteiger partial charge is 0.191 e. The molecular weight excluding hydrogens is 378 g/mol. The second-order valence-electron chi connectivity index (χ2n) is 7.30. The number of hydrogen-bond donors (Lipinski definition) is 2. The van der Waals surface area contributed by atoms with Crippen LogP contribution in [0, 0.1) is 0 Å². The second-order valence-corrected chi connectivity index (χ2v) is 7.30. The topological polar surface area (TPSA) is 71.0 Å². The number of nitrogens with zero attached hydrogens (tertiary/aromatic N) is 3. The molecule has 0 spiro atoms. The molecule has 7 nitrogen and oxygen atoms in total. The minimum Gasteiger partial charge on any atom is -0.497 e. The van der Waals surface area contributed by atoms with Gasteiger partial charge in [-0.25, -0.2) is 4.98 Å². The second kappa shape index (κ2) is 11.9. The lowest BCUT2D eigenvalue weighted by atomic mass is 10.2. The Morgan fingerprint density at radius 2 is 1.77 bits per heavy atom. The van der Waals surface area contributed by atoms with Crippen molar-refractivity contribution in [3.05, 3.63) is 48.2 Å². The van der Waals surface area contributed by atoms with Crippen molar-refractivity contribution in [2.24, 2.45) is 4.99 Å². The van der Waals surface area contributed by atoms with Crippen molar-refractivity contribution in [1.82, 2.24) is 15.6 Å². The molecule has 2 N–H and O–H groups in total. The predicted octanol–water partition coefficient (Wildman–Crippen LogP) is 3.21. The van der Waals surface area contributed by atoms with Crippen LogP contribution >= 0.6 is 0 Å². The lowest BCUT2D eigenvalue weighted by Crippen LogP contribution is -2.38. The Kier molecular flexibility index (Phi) is 8.62. The quantitative estimate of drug-likeness (QED) is 0.395. The van der Waals surface area contributed by atoms with Crippen LogP contribution < -0.4 is 25.0 Å². The van der Waals surface area contributed by atoms with Crippen molar-refractivity contribution in [2.45, 2.75) is 32.2 Å². The van der Waals surface area contributed by atoms with E-state index >= 15 is 0 Å². The van der Waals surface area contributed by atoms with Gasteiger partial charge in [0.1, 0.15) is 23.9 Å². The molecule has 0 saturated carbocycles. The van der Waals surface area contributed by atoms with Gasteiger partial charge in [0.25, 0.3) is 0 Å². The minimum atomic E-state index is 0.543. The van der Waals surface area contributed by atoms with E-state index in [1.165, 1.54) is 31.2 Å². The van der Waals surface area contributed by atoms with Gasteiger partial charge in [0.2, 0.25) is 0 Å². The lowest BCUT2D eigenvalue weighted by Gasteiger charge is -2.22. The number of ether oxygens (including phenoxy) is 2. The van der Waals surface area contributed by atoms with Crippen LogP contribution in [0.3, 0.4) is 0 Å². The summed E-state index contributed by atoms with van der Waals surface area (Å²) in [6.07, 6.45) is 7.04. The van der Waals surface area contributed by atoms with E-state index < -0.39 is 0 Å². The number of hydrogen-bond acceptors (Lipinski definition) is 5. The number of aromatic nitrogens is 1. The highest BCUT2D eigenvalue weighted by Gasteiger charge is 2.11. The maximum absolute atomic E-state index is 5.74. The average molecular weight is 412 g/mol. The molecule has 2 heterocycles. The third kappa shape index (κ3) is 6.83. The zero-order chi connectivity index (χ0) is 21.0. The fraction of sp³-hybridized carbons (Fsp3) is 0.478. The van der Waals surface area contributed by atoms with Gasteiger partial charge in [0, 0.05) is 32.9 Å². The van der Waals surface area contributed by atoms with Crippen molar-refractivity contribution in [2.75, 3.05) is 45.3 Å². The highest BCUT2D eigenvalue weighted by molar-refractivity contribution is 5.79. The van der Waals surface area contributed by atoms with Gasteiger partial charge >= 0.3 is 0 Å². The van der Waals surface area contributed by atoms with Gasteiger partial charge in [-0.2, -0.15) is 0 Å². The van der Waals surface area contributed by atoms with Crippen molar-refractivity contribution in [3.63, 3.8) is 0 Å². The summed E-state index contributed by atoms with van der Waals surface area (Å²) >= 11 is 0. The van der Waals surface area contributed by atoms with Crippen LogP contribution in [0.15, 0.2) is 47.6 Å². The average Bonchev–Trinajstić information content (AvgIpc) is 3.09. The molecule has 30 heavy (non-hydrogen) atoms. The summed E-state index contributed by atoms with van der Waals surface area (Å²) in [5, 5.41) is 6.64. The number of rotatable bonds is 8. The lowest BCUT2D eigenvalue weighted by molar-refractivity contribution is 0.321. The number of guanidine groups is 1. The Bertz CT molecular complexity index is 786. The number of methoxy groups -OCH3 is 1. The van der Waals surface area contributed by atoms with Crippen molar-refractivity contribution < 1.29 is 9.47 Å². The van der Waals surface area contributed by atoms with Crippen LogP contribution in [0.1, 0.15) is 31.2 Å². The van der Waals surface area contributed by atoms with E-state index in [1.54, 1.807) is 14.2 Å². The van der Waals surface area contributed by atoms with E-state index in [4.69, 9.17) is 9.47 Å². The maximum atomic E-state index is 5.74. The van der Waals surface area contributed by atoms with Crippen LogP contribution in [0.25, 0.3) is 0 Å². The summed E-state index contributed by atoms with van der Waals surface area (Å²) in [5.74, 6) is 3.46. The number of pyridine rings is 1. The molecule has 0 amide bonds. The molecule has 1 aliphatic rings. The Hall–Kier alpha value is -2.96. The molecule has 0 unspecified atom stereocenters. The predicted molar refractivity (Wildman–Crippen MR) is 122 cm³/mol. The summed E-state index contributed by atoms with van der Waals surface area (Å²) in [6.45, 7) is 4.09. The molecule has 1 aromatic carbocycles. The fourth-order valence-corrected chi connectivity index (χ4v) is 3.46. The molecular formula is C23H33N5O2. The fourth-order valence-electron chi connectivity index (χ4n) is 3.46. The van der Waals surface area contributed by atoms with Crippen LogP contribution in [0.2, 0.25) is 0 Å². The summed E-state index contributed by atoms with van der Waals surface area (Å²) < 4.78 is 10.9. The van der Waals surface area contributed by atoms with Crippen LogP contribution in [-0.2, 0) is 6.54 Å². The van der Waals surface area contributed by atoms with Gasteiger partial charge in [-0.1, -0.05) is 12.8 Å². The number of anilines is 1. The first kappa shape index (κ1) is 21.7. The normalized spacial score (nSPS) is 14.7. The summed E-state index contributed by atoms with van der Waals surface area (Å²) in [4.78, 5) is 11.3. The van der Waals surface area contributed by atoms with Gasteiger partial charge in [-0.3, -0.25) is 4.99 Å². The highest BCUT2D eigenvalue weighted by atomic mass is 16.5. The zero-order valence-corrected chi connectivity index (χ0v) is 18.1. The highest BCUT2D eigenvalue weighted by Crippen LogP contribution is 2.18. The molecule has 1 aromatic heterocycles. The summed E-state index contributed by atoms with van der Waals surface area (Å²) in [7, 11) is 3.43. The van der Waals surface area contributed by atoms with Gasteiger partial charge in [-0.05, 0) is 54.8 Å². The van der Waals surface area contributed by atoms with Crippen LogP contribution in [0.4, 0.5) is 5.82 Å². The molecule has 1 saturated heterocycles. The van der Waals surface area contributed by atoms with E-state index in [9.17, 15) is 0 Å². The molecule has 3 rings (SSSR count). The number of benzene rings is 1. The van der Waals surface area contributed by atoms with Crippen LogP contribution in [-0.4, -0.2) is 51.3 Å². The SMILES string of the molecule is CN=C(NCCOc1ccc(OC)cc1)NCc1ccnc(N2CCCCCC2)c1. The number of aliphatic imine (C=N–C) groups is 1. The number of nitrogens with one attached hydrogen (secondary N) is 2. The molecule has 1 aliphatic heterocycles. The van der Waals surface area contributed by atoms with E-state index in [2.05, 4.69) is 31.6 Å². The van der Waals surface area contributed by atoms with Crippen LogP contribution in [0.5, 0.6) is 11.5 Å². The molecule has 0 bridgehead atoms. The standard InChI is InChI=1S/C23H33N5O2/c1-24-23(26-13-16-30-21-9-7-20(29-2)8-10-21)27-18-19-11-12-25-22(17-19)28-14-5-3-4-6-15-28/h7-12,17H,3-6,13-16,18H2,1-2H3,(H2,24,26,27). The van der Waals surface area contributed by atoms with Gasteiger partial charge in [0.15, 0.2) is 5.96 Å². The van der Waals surface area contributed by atoms with Crippen molar-refractivity contribution in [3.8, 4) is 11.5 Å². The first-order valence-electron chi connectivity index (χ1n) is 10.7.